The zero-order chi connectivity index (χ0) is 27.1. The molecule has 11 nitrogen and oxygen atoms in total. The first-order valence-electron chi connectivity index (χ1n) is 12.0. The van der Waals surface area contributed by atoms with E-state index in [-0.39, 0.29) is 24.3 Å². The molecule has 0 aromatic heterocycles. The number of phenolic OH excluding ortho intramolecular Hbond substituents is 2. The van der Waals surface area contributed by atoms with Gasteiger partial charge in [0, 0.05) is 13.0 Å². The highest BCUT2D eigenvalue weighted by Crippen LogP contribution is 2.20. The number of phenols is 2. The summed E-state index contributed by atoms with van der Waals surface area (Å²) < 4.78 is 0. The van der Waals surface area contributed by atoms with Gasteiger partial charge in [-0.3, -0.25) is 19.2 Å². The maximum Gasteiger partial charge on any atom is 0.325 e. The zero-order valence-electron chi connectivity index (χ0n) is 20.5. The molecule has 0 bridgehead atoms. The van der Waals surface area contributed by atoms with Crippen LogP contribution in [-0.2, 0) is 32.0 Å². The lowest BCUT2D eigenvalue weighted by molar-refractivity contribution is -0.142. The van der Waals surface area contributed by atoms with Crippen LogP contribution in [0.4, 0.5) is 0 Å². The fourth-order valence-corrected chi connectivity index (χ4v) is 4.21. The van der Waals surface area contributed by atoms with E-state index in [1.807, 2.05) is 0 Å². The molecule has 0 radical (unpaired) electrons. The second-order valence-electron chi connectivity index (χ2n) is 9.17. The zero-order valence-corrected chi connectivity index (χ0v) is 20.5. The van der Waals surface area contributed by atoms with Gasteiger partial charge in [0.2, 0.25) is 17.7 Å². The fourth-order valence-electron chi connectivity index (χ4n) is 4.21. The molecule has 0 spiro atoms. The van der Waals surface area contributed by atoms with Crippen LogP contribution in [0.3, 0.4) is 0 Å². The molecule has 1 aliphatic rings. The number of amides is 3. The normalized spacial score (nSPS) is 17.5. The summed E-state index contributed by atoms with van der Waals surface area (Å²) in [6, 6.07) is 8.41. The molecule has 3 rings (SSSR count). The number of aliphatic carboxylic acids is 1. The van der Waals surface area contributed by atoms with Crippen molar-refractivity contribution < 1.29 is 34.5 Å². The van der Waals surface area contributed by atoms with Crippen LogP contribution in [0.25, 0.3) is 0 Å². The highest BCUT2D eigenvalue weighted by Gasteiger charge is 2.37. The van der Waals surface area contributed by atoms with Crippen molar-refractivity contribution in [2.45, 2.75) is 56.8 Å². The van der Waals surface area contributed by atoms with E-state index in [0.29, 0.717) is 24.9 Å². The van der Waals surface area contributed by atoms with Gasteiger partial charge in [0.1, 0.15) is 29.6 Å². The molecule has 11 heteroatoms. The first kappa shape index (κ1) is 27.5. The number of hydrogen-bond acceptors (Lipinski definition) is 7. The first-order chi connectivity index (χ1) is 17.5. The van der Waals surface area contributed by atoms with E-state index in [1.54, 1.807) is 24.3 Å². The van der Waals surface area contributed by atoms with Crippen LogP contribution in [0.15, 0.2) is 48.5 Å². The minimum absolute atomic E-state index is 0.0389. The van der Waals surface area contributed by atoms with Gasteiger partial charge in [0.25, 0.3) is 0 Å². The van der Waals surface area contributed by atoms with Crippen LogP contribution < -0.4 is 16.4 Å². The second-order valence-corrected chi connectivity index (χ2v) is 9.17. The molecule has 4 atom stereocenters. The molecule has 2 aromatic rings. The highest BCUT2D eigenvalue weighted by atomic mass is 16.4. The molecular weight excluding hydrogens is 480 g/mol. The molecule has 1 aliphatic heterocycles. The average molecular weight is 513 g/mol. The SMILES string of the molecule is CC(NC(=O)C(Cc1ccc(O)cc1)NC(=O)C1CCCN1C(=O)C(N)Cc1ccc(O)cc1)C(=O)O. The van der Waals surface area contributed by atoms with Crippen molar-refractivity contribution in [3.8, 4) is 11.5 Å². The van der Waals surface area contributed by atoms with Crippen molar-refractivity contribution in [2.75, 3.05) is 6.54 Å². The van der Waals surface area contributed by atoms with Gasteiger partial charge in [-0.05, 0) is 61.6 Å². The Morgan fingerprint density at radius 3 is 2.03 bits per heavy atom. The summed E-state index contributed by atoms with van der Waals surface area (Å²) in [4.78, 5) is 51.8. The summed E-state index contributed by atoms with van der Waals surface area (Å²) in [6.45, 7) is 1.65. The van der Waals surface area contributed by atoms with E-state index in [0.717, 1.165) is 5.56 Å². The topological polar surface area (TPSA) is 182 Å². The fraction of sp³-hybridized carbons (Fsp3) is 0.385. The second kappa shape index (κ2) is 12.2. The van der Waals surface area contributed by atoms with Gasteiger partial charge < -0.3 is 36.6 Å². The van der Waals surface area contributed by atoms with Crippen molar-refractivity contribution >= 4 is 23.7 Å². The number of carbonyl (C=O) groups is 4. The van der Waals surface area contributed by atoms with Crippen LogP contribution in [0.5, 0.6) is 11.5 Å². The molecule has 0 aliphatic carbocycles. The van der Waals surface area contributed by atoms with E-state index in [2.05, 4.69) is 10.6 Å². The van der Waals surface area contributed by atoms with Crippen LogP contribution in [0.1, 0.15) is 30.9 Å². The molecule has 3 amide bonds. The Labute approximate surface area is 214 Å². The monoisotopic (exact) mass is 512 g/mol. The van der Waals surface area contributed by atoms with E-state index >= 15 is 0 Å². The predicted octanol–water partition coefficient (Wildman–Crippen LogP) is 0.275. The van der Waals surface area contributed by atoms with Crippen molar-refractivity contribution in [2.24, 2.45) is 5.73 Å². The van der Waals surface area contributed by atoms with Gasteiger partial charge >= 0.3 is 5.97 Å². The Morgan fingerprint density at radius 1 is 0.946 bits per heavy atom. The molecule has 0 saturated carbocycles. The standard InChI is InChI=1S/C26H32N4O7/c1-15(26(36)37)28-23(33)21(14-17-6-10-19(32)11-7-17)29-24(34)22-3-2-12-30(22)25(35)20(27)13-16-4-8-18(31)9-5-16/h4-11,15,20-22,31-32H,2-3,12-14,27H2,1H3,(H,28,33)(H,29,34)(H,36,37). The number of hydrogen-bond donors (Lipinski definition) is 6. The van der Waals surface area contributed by atoms with Crippen molar-refractivity contribution in [3.63, 3.8) is 0 Å². The molecule has 7 N–H and O–H groups in total. The third-order valence-corrected chi connectivity index (χ3v) is 6.29. The third kappa shape index (κ3) is 7.43. The van der Waals surface area contributed by atoms with Gasteiger partial charge in [-0.2, -0.15) is 0 Å². The Morgan fingerprint density at radius 2 is 1.49 bits per heavy atom. The van der Waals surface area contributed by atoms with Gasteiger partial charge in [0.05, 0.1) is 6.04 Å². The van der Waals surface area contributed by atoms with Crippen molar-refractivity contribution in [1.29, 1.82) is 0 Å². The summed E-state index contributed by atoms with van der Waals surface area (Å²) in [7, 11) is 0. The number of nitrogens with zero attached hydrogens (tertiary/aromatic N) is 1. The molecule has 4 unspecified atom stereocenters. The maximum absolute atomic E-state index is 13.2. The Hall–Kier alpha value is -4.12. The molecule has 2 aromatic carbocycles. The van der Waals surface area contributed by atoms with Crippen molar-refractivity contribution in [1.82, 2.24) is 15.5 Å². The number of benzene rings is 2. The van der Waals surface area contributed by atoms with Crippen molar-refractivity contribution in [3.05, 3.63) is 59.7 Å². The summed E-state index contributed by atoms with van der Waals surface area (Å²) in [5.74, 6) is -2.70. The van der Waals surface area contributed by atoms with Crippen LogP contribution in [0.2, 0.25) is 0 Å². The Kier molecular flexibility index (Phi) is 9.07. The minimum atomic E-state index is -1.22. The smallest absolute Gasteiger partial charge is 0.325 e. The number of carboxylic acids is 1. The van der Waals surface area contributed by atoms with Gasteiger partial charge in [-0.15, -0.1) is 0 Å². The lowest BCUT2D eigenvalue weighted by atomic mass is 10.0. The summed E-state index contributed by atoms with van der Waals surface area (Å²) in [5.41, 5.74) is 7.55. The van der Waals surface area contributed by atoms with Gasteiger partial charge in [-0.25, -0.2) is 0 Å². The molecule has 1 fully saturated rings. The number of carbonyl (C=O) groups excluding carboxylic acids is 3. The van der Waals surface area contributed by atoms with Gasteiger partial charge in [0.15, 0.2) is 0 Å². The molecule has 1 heterocycles. The van der Waals surface area contributed by atoms with E-state index in [1.165, 1.54) is 36.1 Å². The lowest BCUT2D eigenvalue weighted by Gasteiger charge is -2.28. The van der Waals surface area contributed by atoms with Crippen LogP contribution in [-0.4, -0.2) is 74.6 Å². The predicted molar refractivity (Wildman–Crippen MR) is 134 cm³/mol. The number of nitrogens with two attached hydrogens (primary N) is 1. The molecule has 37 heavy (non-hydrogen) atoms. The van der Waals surface area contributed by atoms with E-state index < -0.39 is 47.9 Å². The first-order valence-corrected chi connectivity index (χ1v) is 12.0. The molecular formula is C26H32N4O7. The maximum atomic E-state index is 13.2. The number of likely N-dealkylation sites (tertiary alicyclic amines) is 1. The number of carboxylic acid groups (broad SMARTS) is 1. The van der Waals surface area contributed by atoms with Gasteiger partial charge in [-0.1, -0.05) is 24.3 Å². The Bertz CT molecular complexity index is 1120. The quantitative estimate of drug-likeness (QED) is 0.262. The highest BCUT2D eigenvalue weighted by molar-refractivity contribution is 5.94. The summed E-state index contributed by atoms with van der Waals surface area (Å²) in [6.07, 6.45) is 1.25. The largest absolute Gasteiger partial charge is 0.508 e. The van der Waals surface area contributed by atoms with Crippen LogP contribution in [0, 0.1) is 0 Å². The summed E-state index contributed by atoms with van der Waals surface area (Å²) in [5, 5.41) is 33.2. The number of aromatic hydroxyl groups is 2. The van der Waals surface area contributed by atoms with E-state index in [4.69, 9.17) is 10.8 Å². The minimum Gasteiger partial charge on any atom is -0.508 e. The van der Waals surface area contributed by atoms with Crippen LogP contribution >= 0.6 is 0 Å². The van der Waals surface area contributed by atoms with E-state index in [9.17, 15) is 29.4 Å². The molecule has 198 valence electrons. The lowest BCUT2D eigenvalue weighted by Crippen LogP contribution is -2.57. The third-order valence-electron chi connectivity index (χ3n) is 6.29. The number of rotatable bonds is 10. The summed E-state index contributed by atoms with van der Waals surface area (Å²) >= 11 is 0. The molecule has 1 saturated heterocycles. The Balaban J connectivity index is 1.71. The number of nitrogens with one attached hydrogen (secondary N) is 2. The average Bonchev–Trinajstić information content (AvgIpc) is 3.35.